The van der Waals surface area contributed by atoms with E-state index in [1.165, 1.54) is 7.11 Å². The van der Waals surface area contributed by atoms with Crippen molar-refractivity contribution in [2.24, 2.45) is 0 Å². The van der Waals surface area contributed by atoms with Crippen molar-refractivity contribution in [1.82, 2.24) is 14.9 Å². The number of hydrogen-bond acceptors (Lipinski definition) is 5. The molecule has 0 bridgehead atoms. The number of methoxy groups -OCH3 is 1. The number of halogens is 1. The number of hydrogen-bond donors (Lipinski definition) is 2. The smallest absolute Gasteiger partial charge is 0.250 e. The van der Waals surface area contributed by atoms with E-state index in [1.54, 1.807) is 18.5 Å². The third kappa shape index (κ3) is 5.05. The SMILES string of the molecule is COCC(=O)Nc1ccc(N2C(=S)NC(c3ccccn3)C2c2cc(C)n(Cc3ccco3)c2C)cc1Cl. The molecule has 196 valence electrons. The van der Waals surface area contributed by atoms with Crippen LogP contribution < -0.4 is 15.5 Å². The van der Waals surface area contributed by atoms with Crippen molar-refractivity contribution >= 4 is 46.2 Å². The van der Waals surface area contributed by atoms with Crippen LogP contribution in [-0.4, -0.2) is 34.3 Å². The predicted molar refractivity (Wildman–Crippen MR) is 152 cm³/mol. The van der Waals surface area contributed by atoms with Crippen molar-refractivity contribution in [3.8, 4) is 0 Å². The molecule has 2 N–H and O–H groups in total. The Morgan fingerprint density at radius 3 is 2.74 bits per heavy atom. The Kier molecular flexibility index (Phi) is 7.51. The lowest BCUT2D eigenvalue weighted by Crippen LogP contribution is -2.29. The van der Waals surface area contributed by atoms with Crippen molar-refractivity contribution in [3.63, 3.8) is 0 Å². The molecule has 0 aliphatic carbocycles. The minimum atomic E-state index is -0.280. The first-order valence-corrected chi connectivity index (χ1v) is 12.9. The van der Waals surface area contributed by atoms with Crippen LogP contribution in [0.25, 0.3) is 0 Å². The second kappa shape index (κ2) is 11.0. The maximum Gasteiger partial charge on any atom is 0.250 e. The summed E-state index contributed by atoms with van der Waals surface area (Å²) in [5, 5.41) is 7.23. The molecule has 0 saturated carbocycles. The zero-order valence-corrected chi connectivity index (χ0v) is 22.8. The Labute approximate surface area is 231 Å². The van der Waals surface area contributed by atoms with Crippen LogP contribution in [0.3, 0.4) is 0 Å². The minimum Gasteiger partial charge on any atom is -0.467 e. The Balaban J connectivity index is 1.56. The normalized spacial score (nSPS) is 17.1. The highest BCUT2D eigenvalue weighted by molar-refractivity contribution is 7.80. The zero-order valence-electron chi connectivity index (χ0n) is 21.3. The third-order valence-corrected chi connectivity index (χ3v) is 7.33. The van der Waals surface area contributed by atoms with E-state index in [0.29, 0.717) is 22.4 Å². The van der Waals surface area contributed by atoms with Gasteiger partial charge in [-0.25, -0.2) is 0 Å². The lowest BCUT2D eigenvalue weighted by molar-refractivity contribution is -0.119. The molecule has 1 fully saturated rings. The predicted octanol–water partition coefficient (Wildman–Crippen LogP) is 5.56. The number of amides is 1. The number of aromatic nitrogens is 2. The molecule has 1 saturated heterocycles. The second-order valence-electron chi connectivity index (χ2n) is 9.13. The van der Waals surface area contributed by atoms with E-state index >= 15 is 0 Å². The van der Waals surface area contributed by atoms with Gasteiger partial charge in [-0.3, -0.25) is 9.78 Å². The number of furan rings is 1. The molecule has 4 aromatic rings. The topological polar surface area (TPSA) is 84.6 Å². The summed E-state index contributed by atoms with van der Waals surface area (Å²) in [6, 6.07) is 17.0. The van der Waals surface area contributed by atoms with Crippen LogP contribution in [0.15, 0.2) is 71.5 Å². The lowest BCUT2D eigenvalue weighted by Gasteiger charge is -2.28. The Morgan fingerprint density at radius 1 is 1.21 bits per heavy atom. The van der Waals surface area contributed by atoms with Crippen LogP contribution in [0.5, 0.6) is 0 Å². The van der Waals surface area contributed by atoms with Crippen molar-refractivity contribution in [3.05, 3.63) is 100 Å². The van der Waals surface area contributed by atoms with Crippen molar-refractivity contribution in [1.29, 1.82) is 0 Å². The number of nitrogens with zero attached hydrogens (tertiary/aromatic N) is 3. The molecule has 1 aliphatic heterocycles. The summed E-state index contributed by atoms with van der Waals surface area (Å²) < 4.78 is 12.8. The van der Waals surface area contributed by atoms with E-state index in [4.69, 9.17) is 33.0 Å². The maximum atomic E-state index is 12.0. The molecule has 2 unspecified atom stereocenters. The fraction of sp³-hybridized carbons (Fsp3) is 0.250. The molecule has 0 spiro atoms. The summed E-state index contributed by atoms with van der Waals surface area (Å²) in [4.78, 5) is 18.7. The van der Waals surface area contributed by atoms with Gasteiger partial charge < -0.3 is 29.3 Å². The zero-order chi connectivity index (χ0) is 26.8. The fourth-order valence-electron chi connectivity index (χ4n) is 4.95. The molecular formula is C28H28ClN5O3S. The van der Waals surface area contributed by atoms with Crippen LogP contribution in [0.4, 0.5) is 11.4 Å². The largest absolute Gasteiger partial charge is 0.467 e. The van der Waals surface area contributed by atoms with Gasteiger partial charge in [0.2, 0.25) is 5.91 Å². The first-order valence-electron chi connectivity index (χ1n) is 12.2. The molecule has 38 heavy (non-hydrogen) atoms. The van der Waals surface area contributed by atoms with Gasteiger partial charge in [0, 0.05) is 30.4 Å². The van der Waals surface area contributed by atoms with Gasteiger partial charge in [-0.1, -0.05) is 17.7 Å². The monoisotopic (exact) mass is 549 g/mol. The van der Waals surface area contributed by atoms with Crippen LogP contribution >= 0.6 is 23.8 Å². The number of carbonyl (C=O) groups is 1. The maximum absolute atomic E-state index is 12.0. The van der Waals surface area contributed by atoms with Gasteiger partial charge in [0.25, 0.3) is 0 Å². The van der Waals surface area contributed by atoms with Crippen LogP contribution in [0.1, 0.15) is 40.5 Å². The second-order valence-corrected chi connectivity index (χ2v) is 9.93. The van der Waals surface area contributed by atoms with E-state index in [9.17, 15) is 4.79 Å². The first kappa shape index (κ1) is 26.0. The number of ether oxygens (including phenoxy) is 1. The van der Waals surface area contributed by atoms with Crippen molar-refractivity contribution in [2.75, 3.05) is 23.9 Å². The van der Waals surface area contributed by atoms with E-state index in [0.717, 1.165) is 34.1 Å². The van der Waals surface area contributed by atoms with Gasteiger partial charge in [-0.05, 0) is 80.2 Å². The summed E-state index contributed by atoms with van der Waals surface area (Å²) in [5.41, 5.74) is 5.52. The number of benzene rings is 1. The number of carbonyl (C=O) groups excluding carboxylic acids is 1. The van der Waals surface area contributed by atoms with E-state index in [-0.39, 0.29) is 24.6 Å². The average molecular weight is 550 g/mol. The van der Waals surface area contributed by atoms with E-state index < -0.39 is 0 Å². The number of nitrogens with one attached hydrogen (secondary N) is 2. The van der Waals surface area contributed by atoms with Gasteiger partial charge in [-0.15, -0.1) is 0 Å². The van der Waals surface area contributed by atoms with Crippen LogP contribution in [0.2, 0.25) is 5.02 Å². The van der Waals surface area contributed by atoms with Gasteiger partial charge in [0.15, 0.2) is 5.11 Å². The first-order chi connectivity index (χ1) is 18.4. The molecule has 8 nitrogen and oxygen atoms in total. The van der Waals surface area contributed by atoms with Crippen molar-refractivity contribution in [2.45, 2.75) is 32.5 Å². The highest BCUT2D eigenvalue weighted by atomic mass is 35.5. The molecule has 1 amide bonds. The van der Waals surface area contributed by atoms with Gasteiger partial charge in [0.1, 0.15) is 12.4 Å². The quantitative estimate of drug-likeness (QED) is 0.278. The van der Waals surface area contributed by atoms with Gasteiger partial charge in [-0.2, -0.15) is 0 Å². The van der Waals surface area contributed by atoms with E-state index in [2.05, 4.69) is 45.0 Å². The highest BCUT2D eigenvalue weighted by Crippen LogP contribution is 2.44. The Morgan fingerprint density at radius 2 is 2.05 bits per heavy atom. The third-order valence-electron chi connectivity index (χ3n) is 6.70. The summed E-state index contributed by atoms with van der Waals surface area (Å²) in [6.45, 7) is 4.78. The van der Waals surface area contributed by atoms with E-state index in [1.807, 2.05) is 42.5 Å². The van der Waals surface area contributed by atoms with Crippen LogP contribution in [-0.2, 0) is 16.1 Å². The summed E-state index contributed by atoms with van der Waals surface area (Å²) in [6.07, 6.45) is 3.47. The number of anilines is 2. The molecule has 5 rings (SSSR count). The fourth-order valence-corrected chi connectivity index (χ4v) is 5.52. The number of rotatable bonds is 8. The summed E-state index contributed by atoms with van der Waals surface area (Å²) in [7, 11) is 1.47. The van der Waals surface area contributed by atoms with Gasteiger partial charge >= 0.3 is 0 Å². The Hall–Kier alpha value is -3.66. The highest BCUT2D eigenvalue weighted by Gasteiger charge is 2.42. The van der Waals surface area contributed by atoms with Crippen LogP contribution in [0, 0.1) is 13.8 Å². The molecule has 3 aromatic heterocycles. The standard InChI is InChI=1S/C28H28ClN5O3S/c1-17-13-21(18(2)33(17)15-20-7-6-12-37-20)27-26(24-8-4-5-11-30-24)32-28(38)34(27)19-9-10-23(22(29)14-19)31-25(35)16-36-3/h4-14,26-27H,15-16H2,1-3H3,(H,31,35)(H,32,38). The Bertz CT molecular complexity index is 1450. The molecule has 1 aliphatic rings. The molecular weight excluding hydrogens is 522 g/mol. The number of thiocarbonyl (C=S) groups is 1. The summed E-state index contributed by atoms with van der Waals surface area (Å²) in [5.74, 6) is 0.604. The lowest BCUT2D eigenvalue weighted by atomic mass is 9.96. The molecule has 4 heterocycles. The molecule has 0 radical (unpaired) electrons. The number of pyridine rings is 1. The number of aryl methyl sites for hydroxylation is 1. The molecule has 10 heteroatoms. The average Bonchev–Trinajstić information content (AvgIpc) is 3.61. The molecule has 1 aromatic carbocycles. The summed E-state index contributed by atoms with van der Waals surface area (Å²) >= 11 is 12.5. The molecule has 2 atom stereocenters. The minimum absolute atomic E-state index is 0.0559. The van der Waals surface area contributed by atoms with Gasteiger partial charge in [0.05, 0.1) is 41.3 Å². The van der Waals surface area contributed by atoms with Crippen molar-refractivity contribution < 1.29 is 13.9 Å².